The van der Waals surface area contributed by atoms with Gasteiger partial charge >= 0.3 is 0 Å². The van der Waals surface area contributed by atoms with Gasteiger partial charge in [-0.3, -0.25) is 0 Å². The predicted octanol–water partition coefficient (Wildman–Crippen LogP) is 2.34. The minimum atomic E-state index is -0.436. The topological polar surface area (TPSA) is 23.8 Å². The molecule has 0 amide bonds. The Kier molecular flexibility index (Phi) is 5.70. The summed E-state index contributed by atoms with van der Waals surface area (Å²) in [4.78, 5) is 0. The van der Waals surface area contributed by atoms with Gasteiger partial charge in [0.05, 0.1) is 6.07 Å². The smallest absolute Gasteiger partial charge is 0.110 e. The van der Waals surface area contributed by atoms with Crippen LogP contribution in [0.1, 0.15) is 22.6 Å². The zero-order chi connectivity index (χ0) is 9.84. The molecule has 1 aromatic carbocycles. The fraction of sp³-hybridized carbons (Fsp3) is 0.250. The van der Waals surface area contributed by atoms with Gasteiger partial charge in [0.15, 0.2) is 0 Å². The number of aryl methyl sites for hydroxylation is 2. The molecule has 0 bridgehead atoms. The third-order valence-electron chi connectivity index (χ3n) is 2.03. The average molecular weight is 257 g/mol. The molecule has 0 N–H and O–H groups in total. The van der Waals surface area contributed by atoms with Gasteiger partial charge in [0.2, 0.25) is 0 Å². The van der Waals surface area contributed by atoms with Gasteiger partial charge in [-0.2, -0.15) is 34.6 Å². The molecule has 0 aliphatic heterocycles. The van der Waals surface area contributed by atoms with Gasteiger partial charge in [0, 0.05) is 32.7 Å². The molecular formula is C12H10NY-. The largest absolute Gasteiger partial charge is 0.197 e. The van der Waals surface area contributed by atoms with Crippen molar-refractivity contribution in [1.29, 1.82) is 5.26 Å². The van der Waals surface area contributed by atoms with Gasteiger partial charge in [-0.05, 0) is 0 Å². The van der Waals surface area contributed by atoms with Gasteiger partial charge in [0.1, 0.15) is 5.92 Å². The summed E-state index contributed by atoms with van der Waals surface area (Å²) in [6, 6.07) is 8.80. The standard InChI is InChI=1S/C12H10N.Y/c1-4-11(8-13)12-9(2)6-5-7-10(12)3;/h1,6-7,11H,2-3H3;/q-1;. The molecule has 1 nitrogen and oxygen atoms in total. The van der Waals surface area contributed by atoms with Gasteiger partial charge < -0.3 is 0 Å². The average Bonchev–Trinajstić information content (AvgIpc) is 2.11. The molecule has 1 rings (SSSR count). The second-order valence-corrected chi connectivity index (χ2v) is 2.96. The fourth-order valence-corrected chi connectivity index (χ4v) is 1.40. The number of hydrogen-bond acceptors (Lipinski definition) is 1. The normalized spacial score (nSPS) is 10.6. The maximum Gasteiger partial charge on any atom is 0.110 e. The number of nitrogens with zero attached hydrogens (tertiary/aromatic N) is 1. The summed E-state index contributed by atoms with van der Waals surface area (Å²) in [7, 11) is 0. The Morgan fingerprint density at radius 2 is 1.86 bits per heavy atom. The Hall–Kier alpha value is -0.626. The Labute approximate surface area is 110 Å². The van der Waals surface area contributed by atoms with Crippen LogP contribution >= 0.6 is 0 Å². The van der Waals surface area contributed by atoms with Crippen LogP contribution in [0, 0.1) is 43.6 Å². The van der Waals surface area contributed by atoms with Crippen molar-refractivity contribution in [2.24, 2.45) is 0 Å². The summed E-state index contributed by atoms with van der Waals surface area (Å²) >= 11 is 0. The van der Waals surface area contributed by atoms with E-state index in [4.69, 9.17) is 11.7 Å². The molecule has 1 radical (unpaired) electrons. The third-order valence-corrected chi connectivity index (χ3v) is 2.03. The Morgan fingerprint density at radius 3 is 2.21 bits per heavy atom. The molecule has 1 unspecified atom stereocenters. The zero-order valence-electron chi connectivity index (χ0n) is 8.33. The molecule has 1 aromatic rings. The monoisotopic (exact) mass is 257 g/mol. The van der Waals surface area contributed by atoms with E-state index in [2.05, 4.69) is 18.1 Å². The van der Waals surface area contributed by atoms with Crippen molar-refractivity contribution < 1.29 is 32.7 Å². The van der Waals surface area contributed by atoms with Gasteiger partial charge in [0.25, 0.3) is 0 Å². The van der Waals surface area contributed by atoms with Crippen molar-refractivity contribution in [2.45, 2.75) is 19.8 Å². The van der Waals surface area contributed by atoms with Crippen molar-refractivity contribution in [1.82, 2.24) is 0 Å². The van der Waals surface area contributed by atoms with E-state index in [1.165, 1.54) is 0 Å². The van der Waals surface area contributed by atoms with Crippen molar-refractivity contribution in [3.05, 3.63) is 34.9 Å². The molecule has 0 heterocycles. The van der Waals surface area contributed by atoms with Gasteiger partial charge in [-0.1, -0.05) is 19.8 Å². The van der Waals surface area contributed by atoms with Crippen LogP contribution in [0.25, 0.3) is 0 Å². The van der Waals surface area contributed by atoms with E-state index in [9.17, 15) is 0 Å². The van der Waals surface area contributed by atoms with E-state index in [0.717, 1.165) is 16.7 Å². The van der Waals surface area contributed by atoms with Crippen molar-refractivity contribution in [3.63, 3.8) is 0 Å². The first-order valence-corrected chi connectivity index (χ1v) is 4.03. The van der Waals surface area contributed by atoms with Crippen LogP contribution in [0.15, 0.2) is 12.1 Å². The minimum Gasteiger partial charge on any atom is -0.197 e. The van der Waals surface area contributed by atoms with Crippen molar-refractivity contribution in [2.75, 3.05) is 0 Å². The maximum absolute atomic E-state index is 8.83. The maximum atomic E-state index is 8.83. The molecule has 0 aliphatic rings. The van der Waals surface area contributed by atoms with E-state index in [0.29, 0.717) is 0 Å². The Morgan fingerprint density at radius 1 is 1.36 bits per heavy atom. The van der Waals surface area contributed by atoms with Crippen molar-refractivity contribution in [3.8, 4) is 18.4 Å². The zero-order valence-corrected chi connectivity index (χ0v) is 11.2. The molecule has 0 fully saturated rings. The first-order valence-electron chi connectivity index (χ1n) is 4.03. The van der Waals surface area contributed by atoms with Crippen LogP contribution in [0.2, 0.25) is 0 Å². The van der Waals surface area contributed by atoms with E-state index in [1.807, 2.05) is 26.0 Å². The van der Waals surface area contributed by atoms with Crippen LogP contribution in [-0.2, 0) is 32.7 Å². The summed E-state index contributed by atoms with van der Waals surface area (Å²) in [5.41, 5.74) is 3.01. The van der Waals surface area contributed by atoms with Crippen LogP contribution in [0.5, 0.6) is 0 Å². The first-order chi connectivity index (χ1) is 6.20. The molecule has 0 spiro atoms. The predicted molar refractivity (Wildman–Crippen MR) is 51.9 cm³/mol. The van der Waals surface area contributed by atoms with Crippen LogP contribution < -0.4 is 0 Å². The van der Waals surface area contributed by atoms with Gasteiger partial charge in [-0.15, -0.1) is 12.0 Å². The number of hydrogen-bond donors (Lipinski definition) is 0. The third kappa shape index (κ3) is 2.68. The Bertz CT molecular complexity index is 362. The van der Waals surface area contributed by atoms with E-state index in [-0.39, 0.29) is 32.7 Å². The second kappa shape index (κ2) is 5.97. The molecular weight excluding hydrogens is 247 g/mol. The minimum absolute atomic E-state index is 0. The first kappa shape index (κ1) is 13.4. The van der Waals surface area contributed by atoms with Crippen LogP contribution in [-0.4, -0.2) is 0 Å². The SMILES string of the molecule is C#CC(C#N)c1c(C)c[c-]cc1C.[Y]. The summed E-state index contributed by atoms with van der Waals surface area (Å²) in [5.74, 6) is 2.04. The summed E-state index contributed by atoms with van der Waals surface area (Å²) in [6.45, 7) is 3.89. The quantitative estimate of drug-likeness (QED) is 0.559. The summed E-state index contributed by atoms with van der Waals surface area (Å²) in [6.07, 6.45) is 5.27. The van der Waals surface area contributed by atoms with Gasteiger partial charge in [-0.25, -0.2) is 0 Å². The molecule has 2 heteroatoms. The summed E-state index contributed by atoms with van der Waals surface area (Å²) < 4.78 is 0. The fourth-order valence-electron chi connectivity index (χ4n) is 1.40. The number of nitriles is 1. The Balaban J connectivity index is 0.00000169. The second-order valence-electron chi connectivity index (χ2n) is 2.96. The molecule has 0 aliphatic carbocycles. The van der Waals surface area contributed by atoms with Crippen molar-refractivity contribution >= 4 is 0 Å². The molecule has 1 atom stereocenters. The number of rotatable bonds is 1. The molecule has 14 heavy (non-hydrogen) atoms. The molecule has 0 saturated carbocycles. The van der Waals surface area contributed by atoms with E-state index >= 15 is 0 Å². The molecule has 0 aromatic heterocycles. The molecule has 67 valence electrons. The van der Waals surface area contributed by atoms with Crippen LogP contribution in [0.4, 0.5) is 0 Å². The summed E-state index contributed by atoms with van der Waals surface area (Å²) in [5, 5.41) is 8.83. The van der Waals surface area contributed by atoms with Crippen LogP contribution in [0.3, 0.4) is 0 Å². The molecule has 0 saturated heterocycles. The number of terminal acetylenes is 1. The number of benzene rings is 1. The van der Waals surface area contributed by atoms with E-state index < -0.39 is 5.92 Å². The van der Waals surface area contributed by atoms with E-state index in [1.54, 1.807) is 0 Å².